The molecular formula is C24H31Cl2N3O2. The van der Waals surface area contributed by atoms with Crippen LogP contribution in [-0.4, -0.2) is 61.4 Å². The Labute approximate surface area is 196 Å². The van der Waals surface area contributed by atoms with Crippen LogP contribution in [0.15, 0.2) is 48.5 Å². The number of pyridine rings is 1. The summed E-state index contributed by atoms with van der Waals surface area (Å²) in [6.45, 7) is 7.55. The van der Waals surface area contributed by atoms with E-state index in [9.17, 15) is 5.11 Å². The van der Waals surface area contributed by atoms with Crippen LogP contribution in [0.4, 0.5) is 5.82 Å². The minimum Gasteiger partial charge on any atom is -0.496 e. The fraction of sp³-hybridized carbons (Fsp3) is 0.375. The minimum atomic E-state index is 0. The highest BCUT2D eigenvalue weighted by atomic mass is 35.5. The summed E-state index contributed by atoms with van der Waals surface area (Å²) in [4.78, 5) is 9.99. The molecule has 0 radical (unpaired) electrons. The summed E-state index contributed by atoms with van der Waals surface area (Å²) in [6, 6.07) is 16.8. The quantitative estimate of drug-likeness (QED) is 0.585. The molecule has 5 nitrogen and oxygen atoms in total. The van der Waals surface area contributed by atoms with E-state index in [0.717, 1.165) is 61.1 Å². The first-order valence-corrected chi connectivity index (χ1v) is 10.4. The number of likely N-dealkylation sites (N-methyl/N-ethyl adjacent to an activating group) is 1. The van der Waals surface area contributed by atoms with Gasteiger partial charge in [-0.15, -0.1) is 24.8 Å². The monoisotopic (exact) mass is 463 g/mol. The van der Waals surface area contributed by atoms with Crippen LogP contribution < -0.4 is 9.64 Å². The molecule has 4 rings (SSSR count). The average Bonchev–Trinajstić information content (AvgIpc) is 2.79. The number of methoxy groups -OCH3 is 1. The minimum absolute atomic E-state index is 0. The molecule has 1 fully saturated rings. The molecule has 0 amide bonds. The molecule has 1 aliphatic heterocycles. The summed E-state index contributed by atoms with van der Waals surface area (Å²) in [5.74, 6) is 1.86. The molecule has 31 heavy (non-hydrogen) atoms. The molecule has 3 aromatic rings. The molecule has 0 bridgehead atoms. The van der Waals surface area contributed by atoms with Crippen molar-refractivity contribution in [2.24, 2.45) is 0 Å². The number of fused-ring (bicyclic) bond motifs is 1. The van der Waals surface area contributed by atoms with Gasteiger partial charge in [0.1, 0.15) is 11.6 Å². The Morgan fingerprint density at radius 2 is 1.74 bits per heavy atom. The molecule has 1 N–H and O–H groups in total. The van der Waals surface area contributed by atoms with Gasteiger partial charge in [-0.25, -0.2) is 4.98 Å². The molecule has 168 valence electrons. The van der Waals surface area contributed by atoms with E-state index in [0.29, 0.717) is 6.42 Å². The number of hydrogen-bond donors (Lipinski definition) is 1. The Morgan fingerprint density at radius 1 is 1.00 bits per heavy atom. The molecule has 1 aliphatic rings. The fourth-order valence-electron chi connectivity index (χ4n) is 4.08. The van der Waals surface area contributed by atoms with E-state index >= 15 is 0 Å². The number of piperazine rings is 1. The first-order chi connectivity index (χ1) is 14.2. The number of aromatic nitrogens is 1. The van der Waals surface area contributed by atoms with Gasteiger partial charge in [0.15, 0.2) is 0 Å². The van der Waals surface area contributed by atoms with Gasteiger partial charge in [-0.05, 0) is 36.0 Å². The van der Waals surface area contributed by atoms with Crippen molar-refractivity contribution < 1.29 is 9.84 Å². The third kappa shape index (κ3) is 5.42. The van der Waals surface area contributed by atoms with Crippen molar-refractivity contribution in [3.05, 3.63) is 54.1 Å². The zero-order chi connectivity index (χ0) is 20.2. The third-order valence-electron chi connectivity index (χ3n) is 5.80. The van der Waals surface area contributed by atoms with Crippen molar-refractivity contribution in [3.8, 4) is 17.0 Å². The number of ether oxygens (including phenoxy) is 1. The first kappa shape index (κ1) is 25.2. The lowest BCUT2D eigenvalue weighted by atomic mass is 10.0. The number of hydrogen-bond acceptors (Lipinski definition) is 5. The van der Waals surface area contributed by atoms with Crippen molar-refractivity contribution in [3.63, 3.8) is 0 Å². The maximum absolute atomic E-state index is 9.28. The molecule has 0 atom stereocenters. The number of aliphatic hydroxyl groups excluding tert-OH is 1. The Morgan fingerprint density at radius 3 is 2.42 bits per heavy atom. The van der Waals surface area contributed by atoms with Gasteiger partial charge in [0, 0.05) is 43.7 Å². The van der Waals surface area contributed by atoms with Gasteiger partial charge in [-0.1, -0.05) is 43.3 Å². The molecule has 0 aliphatic carbocycles. The second-order valence-corrected chi connectivity index (χ2v) is 7.47. The topological polar surface area (TPSA) is 48.8 Å². The Hall–Kier alpha value is -2.05. The van der Waals surface area contributed by atoms with Crippen LogP contribution in [0, 0.1) is 0 Å². The lowest BCUT2D eigenvalue weighted by molar-refractivity contribution is 0.271. The lowest BCUT2D eigenvalue weighted by Gasteiger charge is -2.35. The largest absolute Gasteiger partial charge is 0.496 e. The van der Waals surface area contributed by atoms with E-state index in [4.69, 9.17) is 9.72 Å². The number of benzene rings is 2. The molecule has 0 spiro atoms. The number of aliphatic hydroxyl groups is 1. The maximum atomic E-state index is 9.28. The second-order valence-electron chi connectivity index (χ2n) is 7.47. The molecular weight excluding hydrogens is 433 g/mol. The molecule has 0 saturated carbocycles. The predicted octanol–water partition coefficient (Wildman–Crippen LogP) is 4.43. The number of nitrogens with zero attached hydrogens (tertiary/aromatic N) is 3. The van der Waals surface area contributed by atoms with Gasteiger partial charge in [0.2, 0.25) is 0 Å². The maximum Gasteiger partial charge on any atom is 0.137 e. The van der Waals surface area contributed by atoms with Crippen LogP contribution in [0.1, 0.15) is 12.5 Å². The van der Waals surface area contributed by atoms with Crippen LogP contribution in [0.3, 0.4) is 0 Å². The molecule has 2 aromatic carbocycles. The smallest absolute Gasteiger partial charge is 0.137 e. The van der Waals surface area contributed by atoms with Gasteiger partial charge >= 0.3 is 0 Å². The summed E-state index contributed by atoms with van der Waals surface area (Å²) in [5.41, 5.74) is 2.99. The molecule has 0 unspecified atom stereocenters. The van der Waals surface area contributed by atoms with Crippen molar-refractivity contribution in [2.45, 2.75) is 13.3 Å². The van der Waals surface area contributed by atoms with E-state index in [1.54, 1.807) is 7.11 Å². The van der Waals surface area contributed by atoms with Crippen molar-refractivity contribution in [1.82, 2.24) is 9.88 Å². The average molecular weight is 464 g/mol. The van der Waals surface area contributed by atoms with Crippen LogP contribution >= 0.6 is 24.8 Å². The predicted molar refractivity (Wildman–Crippen MR) is 133 cm³/mol. The Bertz CT molecular complexity index is 992. The summed E-state index contributed by atoms with van der Waals surface area (Å²) in [7, 11) is 1.67. The SMILES string of the molecule is CCN1CCN(c2nc(-c3ccc(CCO)c(OC)c3)cc3ccccc23)CC1.Cl.Cl. The number of rotatable bonds is 6. The van der Waals surface area contributed by atoms with Crippen LogP contribution in [-0.2, 0) is 6.42 Å². The normalized spacial score (nSPS) is 14.1. The van der Waals surface area contributed by atoms with Crippen LogP contribution in [0.5, 0.6) is 5.75 Å². The molecule has 7 heteroatoms. The van der Waals surface area contributed by atoms with Crippen LogP contribution in [0.25, 0.3) is 22.0 Å². The van der Waals surface area contributed by atoms with E-state index in [-0.39, 0.29) is 31.4 Å². The molecule has 2 heterocycles. The van der Waals surface area contributed by atoms with E-state index < -0.39 is 0 Å². The zero-order valence-electron chi connectivity index (χ0n) is 18.1. The summed E-state index contributed by atoms with van der Waals surface area (Å²) >= 11 is 0. The fourth-order valence-corrected chi connectivity index (χ4v) is 4.08. The first-order valence-electron chi connectivity index (χ1n) is 10.4. The summed E-state index contributed by atoms with van der Waals surface area (Å²) in [6.07, 6.45) is 0.585. The standard InChI is InChI=1S/C24H29N3O2.2ClH/c1-3-26-11-13-27(14-12-26)24-21-7-5-4-6-19(21)16-22(25-24)20-9-8-18(10-15-28)23(17-20)29-2;;/h4-9,16-17,28H,3,10-15H2,1-2H3;2*1H. The number of anilines is 1. The van der Waals surface area contributed by atoms with E-state index in [1.165, 1.54) is 10.8 Å². The van der Waals surface area contributed by atoms with Gasteiger partial charge in [-0.2, -0.15) is 0 Å². The Balaban J connectivity index is 0.00000171. The van der Waals surface area contributed by atoms with Gasteiger partial charge < -0.3 is 19.6 Å². The highest BCUT2D eigenvalue weighted by molar-refractivity contribution is 5.95. The molecule has 1 saturated heterocycles. The Kier molecular flexibility index (Phi) is 9.38. The summed E-state index contributed by atoms with van der Waals surface area (Å²) in [5, 5.41) is 11.7. The highest BCUT2D eigenvalue weighted by Gasteiger charge is 2.20. The molecule has 1 aromatic heterocycles. The zero-order valence-corrected chi connectivity index (χ0v) is 19.7. The van der Waals surface area contributed by atoms with Gasteiger partial charge in [0.25, 0.3) is 0 Å². The lowest BCUT2D eigenvalue weighted by Crippen LogP contribution is -2.46. The van der Waals surface area contributed by atoms with Gasteiger partial charge in [-0.3, -0.25) is 0 Å². The second kappa shape index (κ2) is 11.5. The summed E-state index contributed by atoms with van der Waals surface area (Å²) < 4.78 is 5.56. The van der Waals surface area contributed by atoms with Crippen molar-refractivity contribution in [1.29, 1.82) is 0 Å². The van der Waals surface area contributed by atoms with Crippen LogP contribution in [0.2, 0.25) is 0 Å². The van der Waals surface area contributed by atoms with Crippen molar-refractivity contribution in [2.75, 3.05) is 51.3 Å². The highest BCUT2D eigenvalue weighted by Crippen LogP contribution is 2.33. The number of halogens is 2. The van der Waals surface area contributed by atoms with Crippen molar-refractivity contribution >= 4 is 41.4 Å². The van der Waals surface area contributed by atoms with E-state index in [1.807, 2.05) is 12.1 Å². The van der Waals surface area contributed by atoms with Gasteiger partial charge in [0.05, 0.1) is 12.8 Å². The third-order valence-corrected chi connectivity index (χ3v) is 5.80. The van der Waals surface area contributed by atoms with E-state index in [2.05, 4.69) is 53.1 Å².